The molecule has 2 heterocycles. The minimum atomic E-state index is -0.337. The van der Waals surface area contributed by atoms with Crippen LogP contribution in [0.3, 0.4) is 0 Å². The summed E-state index contributed by atoms with van der Waals surface area (Å²) in [7, 11) is 3.13. The summed E-state index contributed by atoms with van der Waals surface area (Å²) in [5.41, 5.74) is 10.6. The van der Waals surface area contributed by atoms with Gasteiger partial charge < -0.3 is 20.5 Å². The van der Waals surface area contributed by atoms with Crippen molar-refractivity contribution in [1.82, 2.24) is 20.0 Å². The summed E-state index contributed by atoms with van der Waals surface area (Å²) >= 11 is 0. The molecule has 0 atom stereocenters. The number of fused-ring (bicyclic) bond motifs is 2. The van der Waals surface area contributed by atoms with Crippen LogP contribution in [-0.2, 0) is 6.42 Å². The minimum Gasteiger partial charge on any atom is -0.493 e. The smallest absolute Gasteiger partial charge is 0.257 e. The highest BCUT2D eigenvalue weighted by molar-refractivity contribution is 6.10. The summed E-state index contributed by atoms with van der Waals surface area (Å²) in [6.45, 7) is 0.445. The number of aromatic nitrogens is 3. The van der Waals surface area contributed by atoms with Gasteiger partial charge >= 0.3 is 0 Å². The topological polar surface area (TPSA) is 117 Å². The van der Waals surface area contributed by atoms with Gasteiger partial charge in [-0.3, -0.25) is 4.79 Å². The molecule has 0 radical (unpaired) electrons. The Kier molecular flexibility index (Phi) is 6.67. The Balaban J connectivity index is 1.56. The van der Waals surface area contributed by atoms with Gasteiger partial charge in [-0.15, -0.1) is 0 Å². The number of carbonyl (C=O) groups excluding carboxylic acids is 1. The predicted molar refractivity (Wildman–Crippen MR) is 144 cm³/mol. The van der Waals surface area contributed by atoms with Crippen LogP contribution in [0, 0.1) is 0 Å². The Hall–Kier alpha value is -4.92. The standard InChI is InChI=1S/C28H26N6O3/c1-36-22-14-8-11-19(25(22)37-2)17-31-34-26(29)23(28(35)30-16-15-18-9-4-3-5-10-18)24-27(34)33-21-13-7-6-12-20(21)32-24/h3-14,17H,15-16,29H2,1-2H3,(H,30,35)/b31-17+. The summed E-state index contributed by atoms with van der Waals surface area (Å²) in [6.07, 6.45) is 2.28. The van der Waals surface area contributed by atoms with Crippen molar-refractivity contribution in [3.05, 3.63) is 89.5 Å². The molecule has 2 aromatic heterocycles. The molecule has 0 aliphatic rings. The second-order valence-electron chi connectivity index (χ2n) is 8.28. The molecule has 5 aromatic rings. The maximum absolute atomic E-state index is 13.3. The highest BCUT2D eigenvalue weighted by Crippen LogP contribution is 2.31. The highest BCUT2D eigenvalue weighted by atomic mass is 16.5. The van der Waals surface area contributed by atoms with Crippen LogP contribution < -0.4 is 20.5 Å². The summed E-state index contributed by atoms with van der Waals surface area (Å²) in [4.78, 5) is 22.8. The molecule has 1 amide bonds. The third-order valence-corrected chi connectivity index (χ3v) is 5.99. The average Bonchev–Trinajstić information content (AvgIpc) is 3.20. The molecule has 186 valence electrons. The number of anilines is 1. The van der Waals surface area contributed by atoms with Crippen molar-refractivity contribution < 1.29 is 14.3 Å². The van der Waals surface area contributed by atoms with E-state index in [2.05, 4.69) is 10.4 Å². The highest BCUT2D eigenvalue weighted by Gasteiger charge is 2.24. The first kappa shape index (κ1) is 23.8. The fourth-order valence-electron chi connectivity index (χ4n) is 4.18. The largest absolute Gasteiger partial charge is 0.493 e. The molecule has 0 aliphatic carbocycles. The lowest BCUT2D eigenvalue weighted by Gasteiger charge is -2.09. The van der Waals surface area contributed by atoms with Crippen molar-refractivity contribution in [1.29, 1.82) is 0 Å². The lowest BCUT2D eigenvalue weighted by atomic mass is 10.1. The van der Waals surface area contributed by atoms with Crippen molar-refractivity contribution in [2.75, 3.05) is 26.5 Å². The lowest BCUT2D eigenvalue weighted by Crippen LogP contribution is -2.26. The van der Waals surface area contributed by atoms with Gasteiger partial charge in [0.25, 0.3) is 5.91 Å². The molecule has 0 aliphatic heterocycles. The van der Waals surface area contributed by atoms with E-state index in [1.807, 2.05) is 66.7 Å². The maximum atomic E-state index is 13.3. The molecule has 9 heteroatoms. The number of hydrogen-bond acceptors (Lipinski definition) is 7. The van der Waals surface area contributed by atoms with E-state index in [1.54, 1.807) is 26.5 Å². The van der Waals surface area contributed by atoms with Crippen LogP contribution in [0.2, 0.25) is 0 Å². The average molecular weight is 495 g/mol. The molecule has 9 nitrogen and oxygen atoms in total. The number of hydrogen-bond donors (Lipinski definition) is 2. The number of benzene rings is 3. The summed E-state index contributed by atoms with van der Waals surface area (Å²) in [5, 5.41) is 7.54. The van der Waals surface area contributed by atoms with E-state index in [9.17, 15) is 4.79 Å². The summed E-state index contributed by atoms with van der Waals surface area (Å²) < 4.78 is 12.3. The first-order chi connectivity index (χ1) is 18.1. The molecule has 0 saturated heterocycles. The van der Waals surface area contributed by atoms with Crippen LogP contribution in [0.25, 0.3) is 22.2 Å². The third-order valence-electron chi connectivity index (χ3n) is 5.99. The summed E-state index contributed by atoms with van der Waals surface area (Å²) in [5.74, 6) is 0.900. The van der Waals surface area contributed by atoms with Crippen LogP contribution in [0.4, 0.5) is 5.82 Å². The maximum Gasteiger partial charge on any atom is 0.257 e. The quantitative estimate of drug-likeness (QED) is 0.315. The Labute approximate surface area is 213 Å². The van der Waals surface area contributed by atoms with Crippen LogP contribution in [0.5, 0.6) is 11.5 Å². The van der Waals surface area contributed by atoms with Gasteiger partial charge in [0.15, 0.2) is 17.1 Å². The third kappa shape index (κ3) is 4.66. The number of nitrogen functional groups attached to an aromatic ring is 1. The van der Waals surface area contributed by atoms with Crippen LogP contribution in [-0.4, -0.2) is 47.5 Å². The molecule has 0 bridgehead atoms. The lowest BCUT2D eigenvalue weighted by molar-refractivity contribution is 0.0956. The van der Waals surface area contributed by atoms with E-state index in [4.69, 9.17) is 25.2 Å². The van der Waals surface area contributed by atoms with Crippen molar-refractivity contribution >= 4 is 40.1 Å². The number of ether oxygens (including phenoxy) is 2. The normalized spacial score (nSPS) is 11.3. The number of nitrogens with two attached hydrogens (primary N) is 1. The fourth-order valence-corrected chi connectivity index (χ4v) is 4.18. The van der Waals surface area contributed by atoms with Gasteiger partial charge in [0.2, 0.25) is 0 Å². The van der Waals surface area contributed by atoms with E-state index in [-0.39, 0.29) is 17.3 Å². The van der Waals surface area contributed by atoms with Gasteiger partial charge in [0, 0.05) is 12.1 Å². The Bertz CT molecular complexity index is 1610. The van der Waals surface area contributed by atoms with Gasteiger partial charge in [-0.05, 0) is 36.2 Å². The van der Waals surface area contributed by atoms with Crippen molar-refractivity contribution in [2.45, 2.75) is 6.42 Å². The fraction of sp³-hybridized carbons (Fsp3) is 0.143. The van der Waals surface area contributed by atoms with E-state index >= 15 is 0 Å². The molecule has 5 rings (SSSR count). The molecule has 0 saturated carbocycles. The number of nitrogens with zero attached hydrogens (tertiary/aromatic N) is 4. The van der Waals surface area contributed by atoms with E-state index in [0.717, 1.165) is 5.56 Å². The van der Waals surface area contributed by atoms with E-state index in [1.165, 1.54) is 4.68 Å². The molecule has 3 aromatic carbocycles. The van der Waals surface area contributed by atoms with Gasteiger partial charge in [-0.25, -0.2) is 9.97 Å². The van der Waals surface area contributed by atoms with Gasteiger partial charge in [-0.2, -0.15) is 9.78 Å². The number of rotatable bonds is 8. The molecule has 0 fully saturated rings. The molecule has 0 spiro atoms. The van der Waals surface area contributed by atoms with Gasteiger partial charge in [0.1, 0.15) is 16.9 Å². The van der Waals surface area contributed by atoms with Crippen LogP contribution >= 0.6 is 0 Å². The van der Waals surface area contributed by atoms with Crippen molar-refractivity contribution in [2.24, 2.45) is 5.10 Å². The second kappa shape index (κ2) is 10.4. The molecular formula is C28H26N6O3. The van der Waals surface area contributed by atoms with E-state index < -0.39 is 0 Å². The molecular weight excluding hydrogens is 468 g/mol. The van der Waals surface area contributed by atoms with Crippen LogP contribution in [0.1, 0.15) is 21.5 Å². The first-order valence-electron chi connectivity index (χ1n) is 11.7. The van der Waals surface area contributed by atoms with Crippen molar-refractivity contribution in [3.63, 3.8) is 0 Å². The van der Waals surface area contributed by atoms with E-state index in [0.29, 0.717) is 52.2 Å². The zero-order valence-electron chi connectivity index (χ0n) is 20.5. The van der Waals surface area contributed by atoms with Gasteiger partial charge in [-0.1, -0.05) is 48.5 Å². The number of methoxy groups -OCH3 is 2. The Morgan fingerprint density at radius 3 is 2.43 bits per heavy atom. The number of para-hydroxylation sites is 3. The Morgan fingerprint density at radius 1 is 0.973 bits per heavy atom. The second-order valence-corrected chi connectivity index (χ2v) is 8.28. The van der Waals surface area contributed by atoms with Crippen LogP contribution in [0.15, 0.2) is 77.9 Å². The van der Waals surface area contributed by atoms with Crippen molar-refractivity contribution in [3.8, 4) is 11.5 Å². The zero-order chi connectivity index (χ0) is 25.8. The Morgan fingerprint density at radius 2 is 1.70 bits per heavy atom. The summed E-state index contributed by atoms with van der Waals surface area (Å²) in [6, 6.07) is 22.9. The molecule has 37 heavy (non-hydrogen) atoms. The van der Waals surface area contributed by atoms with Gasteiger partial charge in [0.05, 0.1) is 31.5 Å². The zero-order valence-corrected chi connectivity index (χ0v) is 20.5. The molecule has 0 unspecified atom stereocenters. The SMILES string of the molecule is COc1cccc(/C=N/n2c(N)c(C(=O)NCCc3ccccc3)c3nc4ccccc4nc32)c1OC. The first-order valence-corrected chi connectivity index (χ1v) is 11.7. The minimum absolute atomic E-state index is 0.139. The molecule has 3 N–H and O–H groups in total. The number of amides is 1. The number of carbonyl (C=O) groups is 1. The predicted octanol–water partition coefficient (Wildman–Crippen LogP) is 4.04. The number of nitrogens with one attached hydrogen (secondary N) is 1. The monoisotopic (exact) mass is 494 g/mol.